The van der Waals surface area contributed by atoms with Crippen LogP contribution >= 0.6 is 0 Å². The van der Waals surface area contributed by atoms with E-state index < -0.39 is 0 Å². The number of aryl methyl sites for hydroxylation is 2. The molecular formula is C23H28N2O3. The fraction of sp³-hybridized carbons (Fsp3) is 0.391. The highest BCUT2D eigenvalue weighted by Gasteiger charge is 2.29. The number of amides is 2. The summed E-state index contributed by atoms with van der Waals surface area (Å²) in [6, 6.07) is 13.3. The predicted molar refractivity (Wildman–Crippen MR) is 111 cm³/mol. The van der Waals surface area contributed by atoms with Crippen molar-refractivity contribution >= 4 is 17.5 Å². The molecule has 5 nitrogen and oxygen atoms in total. The van der Waals surface area contributed by atoms with E-state index in [4.69, 9.17) is 4.74 Å². The lowest BCUT2D eigenvalue weighted by Gasteiger charge is -2.32. The lowest BCUT2D eigenvalue weighted by molar-refractivity contribution is -0.121. The van der Waals surface area contributed by atoms with E-state index in [1.807, 2.05) is 57.2 Å². The number of ether oxygens (including phenoxy) is 1. The summed E-state index contributed by atoms with van der Waals surface area (Å²) in [4.78, 5) is 27.6. The molecule has 2 aromatic rings. The number of benzene rings is 2. The largest absolute Gasteiger partial charge is 0.492 e. The van der Waals surface area contributed by atoms with Gasteiger partial charge in [0.15, 0.2) is 0 Å². The number of nitrogens with one attached hydrogen (secondary N) is 1. The van der Waals surface area contributed by atoms with Gasteiger partial charge < -0.3 is 15.0 Å². The maximum Gasteiger partial charge on any atom is 0.253 e. The lowest BCUT2D eigenvalue weighted by Crippen LogP contribution is -2.43. The van der Waals surface area contributed by atoms with Crippen LogP contribution in [-0.4, -0.2) is 36.4 Å². The number of rotatable bonds is 5. The van der Waals surface area contributed by atoms with Gasteiger partial charge in [0.25, 0.3) is 5.91 Å². The molecule has 0 radical (unpaired) electrons. The molecule has 0 saturated carbocycles. The van der Waals surface area contributed by atoms with E-state index >= 15 is 0 Å². The molecule has 5 heteroatoms. The van der Waals surface area contributed by atoms with Gasteiger partial charge in [-0.25, -0.2) is 0 Å². The summed E-state index contributed by atoms with van der Waals surface area (Å²) in [5, 5.41) is 2.98. The third-order valence-electron chi connectivity index (χ3n) is 4.99. The zero-order valence-corrected chi connectivity index (χ0v) is 16.8. The Labute approximate surface area is 166 Å². The zero-order chi connectivity index (χ0) is 20.1. The quantitative estimate of drug-likeness (QED) is 0.846. The Hall–Kier alpha value is -2.82. The minimum Gasteiger partial charge on any atom is -0.492 e. The molecule has 1 unspecified atom stereocenters. The lowest BCUT2D eigenvalue weighted by atomic mass is 9.96. The van der Waals surface area contributed by atoms with Crippen molar-refractivity contribution < 1.29 is 14.3 Å². The minimum absolute atomic E-state index is 0.000911. The third kappa shape index (κ3) is 4.71. The fourth-order valence-corrected chi connectivity index (χ4v) is 3.74. The summed E-state index contributed by atoms with van der Waals surface area (Å²) in [5.74, 6) is 0.375. The summed E-state index contributed by atoms with van der Waals surface area (Å²) in [7, 11) is 0. The van der Waals surface area contributed by atoms with Gasteiger partial charge in [-0.1, -0.05) is 29.3 Å². The number of hydrogen-bond acceptors (Lipinski definition) is 3. The fourth-order valence-electron chi connectivity index (χ4n) is 3.74. The highest BCUT2D eigenvalue weighted by molar-refractivity contribution is 5.97. The van der Waals surface area contributed by atoms with Crippen molar-refractivity contribution in [3.8, 4) is 5.75 Å². The molecule has 28 heavy (non-hydrogen) atoms. The van der Waals surface area contributed by atoms with Crippen LogP contribution < -0.4 is 10.1 Å². The van der Waals surface area contributed by atoms with Crippen LogP contribution in [0.4, 0.5) is 5.69 Å². The van der Waals surface area contributed by atoms with Gasteiger partial charge in [0, 0.05) is 18.7 Å². The van der Waals surface area contributed by atoms with Gasteiger partial charge in [-0.05, 0) is 57.9 Å². The molecule has 1 aliphatic heterocycles. The highest BCUT2D eigenvalue weighted by atomic mass is 16.5. The van der Waals surface area contributed by atoms with E-state index in [1.54, 1.807) is 4.90 Å². The van der Waals surface area contributed by atoms with Crippen LogP contribution in [0.1, 0.15) is 41.3 Å². The molecule has 148 valence electrons. The molecule has 0 aromatic heterocycles. The van der Waals surface area contributed by atoms with Crippen molar-refractivity contribution in [2.45, 2.75) is 33.6 Å². The number of likely N-dealkylation sites (tertiary alicyclic amines) is 1. The zero-order valence-electron chi connectivity index (χ0n) is 16.8. The van der Waals surface area contributed by atoms with Gasteiger partial charge in [0.2, 0.25) is 5.91 Å². The van der Waals surface area contributed by atoms with Gasteiger partial charge in [-0.3, -0.25) is 9.59 Å². The SMILES string of the molecule is CCOc1ccccc1NC(=O)C1CCCN(C(=O)c2cc(C)cc(C)c2)C1. The van der Waals surface area contributed by atoms with Gasteiger partial charge in [-0.2, -0.15) is 0 Å². The van der Waals surface area contributed by atoms with Crippen LogP contribution in [0, 0.1) is 19.8 Å². The van der Waals surface area contributed by atoms with Crippen LogP contribution in [-0.2, 0) is 4.79 Å². The van der Waals surface area contributed by atoms with Crippen molar-refractivity contribution in [3.05, 3.63) is 59.2 Å². The summed E-state index contributed by atoms with van der Waals surface area (Å²) >= 11 is 0. The third-order valence-corrected chi connectivity index (χ3v) is 4.99. The molecule has 0 bridgehead atoms. The van der Waals surface area contributed by atoms with Crippen molar-refractivity contribution in [2.24, 2.45) is 5.92 Å². The first-order chi connectivity index (χ1) is 13.5. The van der Waals surface area contributed by atoms with E-state index in [1.165, 1.54) is 0 Å². The normalized spacial score (nSPS) is 16.5. The molecule has 1 heterocycles. The van der Waals surface area contributed by atoms with Gasteiger partial charge in [0.05, 0.1) is 18.2 Å². The first kappa shape index (κ1) is 19.9. The second-order valence-electron chi connectivity index (χ2n) is 7.39. The molecule has 1 aliphatic rings. The summed E-state index contributed by atoms with van der Waals surface area (Å²) < 4.78 is 5.59. The number of hydrogen-bond donors (Lipinski definition) is 1. The van der Waals surface area contributed by atoms with Crippen molar-refractivity contribution in [2.75, 3.05) is 25.0 Å². The second kappa shape index (κ2) is 8.91. The van der Waals surface area contributed by atoms with Crippen molar-refractivity contribution in [1.29, 1.82) is 0 Å². The maximum absolute atomic E-state index is 12.9. The Balaban J connectivity index is 1.69. The Morgan fingerprint density at radius 1 is 1.14 bits per heavy atom. The van der Waals surface area contributed by atoms with Crippen LogP contribution in [0.5, 0.6) is 5.75 Å². The van der Waals surface area contributed by atoms with Crippen molar-refractivity contribution in [1.82, 2.24) is 4.90 Å². The number of nitrogens with zero attached hydrogens (tertiary/aromatic N) is 1. The maximum atomic E-state index is 12.9. The standard InChI is InChI=1S/C23H28N2O3/c1-4-28-21-10-6-5-9-20(21)24-22(26)18-8-7-11-25(15-18)23(27)19-13-16(2)12-17(3)14-19/h5-6,9-10,12-14,18H,4,7-8,11,15H2,1-3H3,(H,24,26). The summed E-state index contributed by atoms with van der Waals surface area (Å²) in [5.41, 5.74) is 3.51. The average molecular weight is 380 g/mol. The van der Waals surface area contributed by atoms with Crippen LogP contribution in [0.2, 0.25) is 0 Å². The topological polar surface area (TPSA) is 58.6 Å². The molecular weight excluding hydrogens is 352 g/mol. The van der Waals surface area contributed by atoms with Crippen LogP contribution in [0.15, 0.2) is 42.5 Å². The van der Waals surface area contributed by atoms with Crippen LogP contribution in [0.3, 0.4) is 0 Å². The Bertz CT molecular complexity index is 842. The highest BCUT2D eigenvalue weighted by Crippen LogP contribution is 2.26. The van der Waals surface area contributed by atoms with E-state index in [2.05, 4.69) is 11.4 Å². The summed E-state index contributed by atoms with van der Waals surface area (Å²) in [6.07, 6.45) is 1.60. The van der Waals surface area contributed by atoms with Gasteiger partial charge in [0.1, 0.15) is 5.75 Å². The predicted octanol–water partition coefficient (Wildman–Crippen LogP) is 4.19. The molecule has 1 fully saturated rings. The Morgan fingerprint density at radius 2 is 1.86 bits per heavy atom. The molecule has 2 amide bonds. The molecule has 0 spiro atoms. The number of carbonyl (C=O) groups is 2. The molecule has 2 aromatic carbocycles. The van der Waals surface area contributed by atoms with Gasteiger partial charge >= 0.3 is 0 Å². The molecule has 1 N–H and O–H groups in total. The van der Waals surface area contributed by atoms with E-state index in [9.17, 15) is 9.59 Å². The Kier molecular flexibility index (Phi) is 6.34. The first-order valence-electron chi connectivity index (χ1n) is 9.88. The smallest absolute Gasteiger partial charge is 0.253 e. The van der Waals surface area contributed by atoms with Gasteiger partial charge in [-0.15, -0.1) is 0 Å². The van der Waals surface area contributed by atoms with E-state index in [-0.39, 0.29) is 17.7 Å². The monoisotopic (exact) mass is 380 g/mol. The average Bonchev–Trinajstić information content (AvgIpc) is 2.68. The Morgan fingerprint density at radius 3 is 2.57 bits per heavy atom. The molecule has 1 atom stereocenters. The van der Waals surface area contributed by atoms with E-state index in [0.29, 0.717) is 36.7 Å². The number of para-hydroxylation sites is 2. The molecule has 3 rings (SSSR count). The van der Waals surface area contributed by atoms with Crippen LogP contribution in [0.25, 0.3) is 0 Å². The molecule has 1 saturated heterocycles. The number of piperidine rings is 1. The summed E-state index contributed by atoms with van der Waals surface area (Å²) in [6.45, 7) is 7.56. The molecule has 0 aliphatic carbocycles. The number of anilines is 1. The van der Waals surface area contributed by atoms with E-state index in [0.717, 1.165) is 24.0 Å². The second-order valence-corrected chi connectivity index (χ2v) is 7.39. The number of carbonyl (C=O) groups excluding carboxylic acids is 2. The first-order valence-corrected chi connectivity index (χ1v) is 9.88. The van der Waals surface area contributed by atoms with Crippen molar-refractivity contribution in [3.63, 3.8) is 0 Å². The minimum atomic E-state index is -0.224.